The van der Waals surface area contributed by atoms with Crippen LogP contribution in [0.4, 0.5) is 32.4 Å². The van der Waals surface area contributed by atoms with E-state index >= 15 is 0 Å². The predicted molar refractivity (Wildman–Crippen MR) is 99.4 cm³/mol. The van der Waals surface area contributed by atoms with Crippen molar-refractivity contribution in [2.45, 2.75) is 18.6 Å². The Morgan fingerprint density at radius 2 is 1.87 bits per heavy atom. The Kier molecular flexibility index (Phi) is 4.79. The number of amides is 2. The maximum absolute atomic E-state index is 14.0. The van der Waals surface area contributed by atoms with Gasteiger partial charge in [0.05, 0.1) is 12.8 Å². The molecule has 1 unspecified atom stereocenters. The first-order valence-electron chi connectivity index (χ1n) is 8.96. The summed E-state index contributed by atoms with van der Waals surface area (Å²) in [6, 6.07) is 3.78. The number of H-pyrrole nitrogens is 1. The van der Waals surface area contributed by atoms with Crippen LogP contribution in [0.15, 0.2) is 36.4 Å². The number of aromatic nitrogens is 1. The summed E-state index contributed by atoms with van der Waals surface area (Å²) in [5, 5.41) is 2.74. The highest BCUT2D eigenvalue weighted by Gasteiger charge is 2.50. The number of urea groups is 1. The number of nitrogens with one attached hydrogen (secondary N) is 2. The molecule has 2 aromatic carbocycles. The summed E-state index contributed by atoms with van der Waals surface area (Å²) in [4.78, 5) is 16.0. The molecular weight excluding hydrogens is 409 g/mol. The number of rotatable bonds is 2. The van der Waals surface area contributed by atoms with Crippen molar-refractivity contribution in [3.8, 4) is 5.75 Å². The smallest absolute Gasteiger partial charge is 0.414 e. The van der Waals surface area contributed by atoms with Crippen LogP contribution in [0.1, 0.15) is 17.3 Å². The van der Waals surface area contributed by atoms with Crippen molar-refractivity contribution in [2.24, 2.45) is 0 Å². The SMILES string of the molecule is COc1ccc2[nH]c3c(c2c1)CCN(C(=O)Nc1cc(F)cc(F)c1)C3C(F)(F)F. The van der Waals surface area contributed by atoms with E-state index in [-0.39, 0.29) is 24.3 Å². The topological polar surface area (TPSA) is 57.4 Å². The highest BCUT2D eigenvalue weighted by Crippen LogP contribution is 2.44. The number of aromatic amines is 1. The van der Waals surface area contributed by atoms with Crippen molar-refractivity contribution in [1.82, 2.24) is 9.88 Å². The second-order valence-electron chi connectivity index (χ2n) is 6.90. The molecule has 3 aromatic rings. The number of halogens is 5. The van der Waals surface area contributed by atoms with Crippen LogP contribution in [-0.4, -0.2) is 35.7 Å². The van der Waals surface area contributed by atoms with Crippen molar-refractivity contribution in [1.29, 1.82) is 0 Å². The van der Waals surface area contributed by atoms with E-state index in [0.29, 0.717) is 33.2 Å². The predicted octanol–water partition coefficient (Wildman–Crippen LogP) is 5.15. The number of carbonyl (C=O) groups excluding carboxylic acids is 1. The lowest BCUT2D eigenvalue weighted by Gasteiger charge is -2.36. The molecule has 5 nitrogen and oxygen atoms in total. The Labute approximate surface area is 167 Å². The summed E-state index contributed by atoms with van der Waals surface area (Å²) in [7, 11) is 1.46. The number of alkyl halides is 3. The largest absolute Gasteiger partial charge is 0.497 e. The Hall–Kier alpha value is -3.30. The van der Waals surface area contributed by atoms with E-state index in [1.807, 2.05) is 0 Å². The molecule has 0 saturated heterocycles. The van der Waals surface area contributed by atoms with Gasteiger partial charge in [-0.05, 0) is 42.3 Å². The van der Waals surface area contributed by atoms with E-state index in [1.165, 1.54) is 7.11 Å². The molecule has 158 valence electrons. The fraction of sp³-hybridized carbons (Fsp3) is 0.250. The standard InChI is InChI=1S/C20H16F5N3O2/c1-30-13-2-3-16-15(9-13)14-4-5-28(18(17(14)27-16)20(23,24)25)19(29)26-12-7-10(21)6-11(22)8-12/h2-3,6-9,18,27H,4-5H2,1H3,(H,26,29). The van der Waals surface area contributed by atoms with Gasteiger partial charge in [0.25, 0.3) is 0 Å². The van der Waals surface area contributed by atoms with Gasteiger partial charge in [0.15, 0.2) is 6.04 Å². The molecule has 1 atom stereocenters. The van der Waals surface area contributed by atoms with Crippen molar-refractivity contribution in [3.05, 3.63) is 59.3 Å². The van der Waals surface area contributed by atoms with E-state index in [0.717, 1.165) is 12.1 Å². The van der Waals surface area contributed by atoms with Gasteiger partial charge in [-0.15, -0.1) is 0 Å². The molecule has 1 aliphatic heterocycles. The Balaban J connectivity index is 1.72. The van der Waals surface area contributed by atoms with Crippen molar-refractivity contribution in [3.63, 3.8) is 0 Å². The number of fused-ring (bicyclic) bond motifs is 3. The fourth-order valence-electron chi connectivity index (χ4n) is 3.77. The van der Waals surface area contributed by atoms with E-state index in [1.54, 1.807) is 18.2 Å². The molecule has 0 radical (unpaired) electrons. The average molecular weight is 425 g/mol. The number of hydrogen-bond donors (Lipinski definition) is 2. The minimum Gasteiger partial charge on any atom is -0.497 e. The third-order valence-corrected chi connectivity index (χ3v) is 5.02. The first kappa shape index (κ1) is 20.0. The van der Waals surface area contributed by atoms with Crippen LogP contribution in [0.2, 0.25) is 0 Å². The molecule has 2 heterocycles. The van der Waals surface area contributed by atoms with Gasteiger partial charge in [0.2, 0.25) is 0 Å². The summed E-state index contributed by atoms with van der Waals surface area (Å²) in [6.07, 6.45) is -4.61. The zero-order chi connectivity index (χ0) is 21.6. The van der Waals surface area contributed by atoms with Crippen LogP contribution in [0.3, 0.4) is 0 Å². The van der Waals surface area contributed by atoms with Crippen LogP contribution < -0.4 is 10.1 Å². The molecule has 0 bridgehead atoms. The van der Waals surface area contributed by atoms with E-state index in [2.05, 4.69) is 10.3 Å². The van der Waals surface area contributed by atoms with Gasteiger partial charge in [-0.1, -0.05) is 0 Å². The van der Waals surface area contributed by atoms with Gasteiger partial charge < -0.3 is 19.9 Å². The molecule has 2 N–H and O–H groups in total. The summed E-state index contributed by atoms with van der Waals surface area (Å²) >= 11 is 0. The molecule has 1 aliphatic rings. The minimum atomic E-state index is -4.77. The zero-order valence-electron chi connectivity index (χ0n) is 15.6. The van der Waals surface area contributed by atoms with Gasteiger partial charge in [0.1, 0.15) is 17.4 Å². The average Bonchev–Trinajstić information content (AvgIpc) is 3.02. The minimum absolute atomic E-state index is 0.141. The molecule has 0 fully saturated rings. The van der Waals surface area contributed by atoms with Gasteiger partial charge in [-0.25, -0.2) is 13.6 Å². The maximum atomic E-state index is 14.0. The van der Waals surface area contributed by atoms with Crippen LogP contribution in [0.5, 0.6) is 5.75 Å². The molecule has 30 heavy (non-hydrogen) atoms. The molecule has 0 aliphatic carbocycles. The first-order valence-corrected chi connectivity index (χ1v) is 8.96. The molecular formula is C20H16F5N3O2. The first-order chi connectivity index (χ1) is 14.2. The highest BCUT2D eigenvalue weighted by molar-refractivity contribution is 5.91. The van der Waals surface area contributed by atoms with Crippen LogP contribution >= 0.6 is 0 Å². The van der Waals surface area contributed by atoms with Crippen molar-refractivity contribution in [2.75, 3.05) is 19.0 Å². The molecule has 0 saturated carbocycles. The van der Waals surface area contributed by atoms with E-state index in [9.17, 15) is 26.7 Å². The number of benzene rings is 2. The second kappa shape index (κ2) is 7.19. The number of hydrogen-bond acceptors (Lipinski definition) is 2. The molecule has 0 spiro atoms. The third-order valence-electron chi connectivity index (χ3n) is 5.02. The van der Waals surface area contributed by atoms with Gasteiger partial charge >= 0.3 is 12.2 Å². The summed E-state index contributed by atoms with van der Waals surface area (Å²) in [5.74, 6) is -1.41. The molecule has 10 heteroatoms. The number of methoxy groups -OCH3 is 1. The number of nitrogens with zero attached hydrogens (tertiary/aromatic N) is 1. The van der Waals surface area contributed by atoms with Gasteiger partial charge in [0, 0.05) is 29.2 Å². The lowest BCUT2D eigenvalue weighted by molar-refractivity contribution is -0.180. The van der Waals surface area contributed by atoms with E-state index < -0.39 is 29.9 Å². The summed E-state index contributed by atoms with van der Waals surface area (Å²) < 4.78 is 73.8. The lowest BCUT2D eigenvalue weighted by Crippen LogP contribution is -2.48. The van der Waals surface area contributed by atoms with Gasteiger partial charge in [-0.3, -0.25) is 0 Å². The molecule has 2 amide bonds. The number of anilines is 1. The lowest BCUT2D eigenvalue weighted by atomic mass is 9.97. The quantitative estimate of drug-likeness (QED) is 0.558. The van der Waals surface area contributed by atoms with Crippen molar-refractivity contribution >= 4 is 22.6 Å². The third kappa shape index (κ3) is 3.53. The molecule has 1 aromatic heterocycles. The second-order valence-corrected chi connectivity index (χ2v) is 6.90. The maximum Gasteiger partial charge on any atom is 0.414 e. The highest BCUT2D eigenvalue weighted by atomic mass is 19.4. The van der Waals surface area contributed by atoms with E-state index in [4.69, 9.17) is 4.74 Å². The Morgan fingerprint density at radius 1 is 1.17 bits per heavy atom. The Morgan fingerprint density at radius 3 is 2.50 bits per heavy atom. The monoisotopic (exact) mass is 425 g/mol. The van der Waals surface area contributed by atoms with Crippen LogP contribution in [-0.2, 0) is 6.42 Å². The normalized spacial score (nSPS) is 16.5. The number of ether oxygens (including phenoxy) is 1. The number of carbonyl (C=O) groups is 1. The summed E-state index contributed by atoms with van der Waals surface area (Å²) in [6.45, 7) is -0.231. The molecule has 4 rings (SSSR count). The fourth-order valence-corrected chi connectivity index (χ4v) is 3.77. The Bertz CT molecular complexity index is 1110. The zero-order valence-corrected chi connectivity index (χ0v) is 15.6. The summed E-state index contributed by atoms with van der Waals surface area (Å²) in [5.41, 5.74) is 0.528. The van der Waals surface area contributed by atoms with Gasteiger partial charge in [-0.2, -0.15) is 13.2 Å². The van der Waals surface area contributed by atoms with Crippen LogP contribution in [0, 0.1) is 11.6 Å². The van der Waals surface area contributed by atoms with Crippen LogP contribution in [0.25, 0.3) is 10.9 Å². The van der Waals surface area contributed by atoms with Crippen molar-refractivity contribution < 1.29 is 31.5 Å².